The molecular formula is C26H30BrN3O4. The number of rotatable bonds is 9. The molecule has 0 unspecified atom stereocenters. The number of benzene rings is 2. The molecule has 0 N–H and O–H groups in total. The van der Waals surface area contributed by atoms with Crippen LogP contribution in [0.1, 0.15) is 27.9 Å². The summed E-state index contributed by atoms with van der Waals surface area (Å²) in [5, 5.41) is 4.47. The minimum Gasteiger partial charge on any atom is -0.385 e. The van der Waals surface area contributed by atoms with E-state index in [1.165, 1.54) is 0 Å². The number of aromatic nitrogens is 1. The monoisotopic (exact) mass is 527 g/mol. The number of methoxy groups -OCH3 is 1. The Labute approximate surface area is 208 Å². The second kappa shape index (κ2) is 11.6. The van der Waals surface area contributed by atoms with Gasteiger partial charge in [-0.3, -0.25) is 4.79 Å². The lowest BCUT2D eigenvalue weighted by Crippen LogP contribution is -2.37. The number of carbonyl (C=O) groups excluding carboxylic acids is 1. The van der Waals surface area contributed by atoms with Gasteiger partial charge >= 0.3 is 0 Å². The van der Waals surface area contributed by atoms with Crippen LogP contribution in [0.3, 0.4) is 0 Å². The second-order valence-corrected chi connectivity index (χ2v) is 9.28. The quantitative estimate of drug-likeness (QED) is 0.367. The molecule has 1 fully saturated rings. The Balaban J connectivity index is 1.72. The summed E-state index contributed by atoms with van der Waals surface area (Å²) in [6, 6.07) is 15.7. The molecule has 0 radical (unpaired) electrons. The molecule has 180 valence electrons. The van der Waals surface area contributed by atoms with Crippen molar-refractivity contribution in [3.63, 3.8) is 0 Å². The lowest BCUT2D eigenvalue weighted by atomic mass is 10.0. The van der Waals surface area contributed by atoms with Crippen LogP contribution >= 0.6 is 15.9 Å². The van der Waals surface area contributed by atoms with Gasteiger partial charge in [0.2, 0.25) is 5.88 Å². The largest absolute Gasteiger partial charge is 0.385 e. The van der Waals surface area contributed by atoms with Crippen molar-refractivity contribution in [3.8, 4) is 11.3 Å². The lowest BCUT2D eigenvalue weighted by molar-refractivity contribution is 0.0723. The first-order valence-corrected chi connectivity index (χ1v) is 12.3. The minimum atomic E-state index is -0.0401. The first kappa shape index (κ1) is 24.4. The van der Waals surface area contributed by atoms with Gasteiger partial charge in [-0.15, -0.1) is 0 Å². The van der Waals surface area contributed by atoms with E-state index in [-0.39, 0.29) is 5.91 Å². The van der Waals surface area contributed by atoms with Crippen LogP contribution in [0.4, 0.5) is 5.88 Å². The van der Waals surface area contributed by atoms with E-state index >= 15 is 0 Å². The summed E-state index contributed by atoms with van der Waals surface area (Å²) in [4.78, 5) is 17.6. The molecule has 1 aromatic heterocycles. The van der Waals surface area contributed by atoms with Gasteiger partial charge in [0.1, 0.15) is 5.69 Å². The van der Waals surface area contributed by atoms with Gasteiger partial charge in [0.15, 0.2) is 0 Å². The molecule has 2 aromatic carbocycles. The van der Waals surface area contributed by atoms with Gasteiger partial charge < -0.3 is 23.8 Å². The molecule has 7 nitrogen and oxygen atoms in total. The first-order chi connectivity index (χ1) is 16.6. The maximum absolute atomic E-state index is 13.6. The van der Waals surface area contributed by atoms with Crippen LogP contribution in [-0.2, 0) is 16.0 Å². The zero-order chi connectivity index (χ0) is 23.9. The van der Waals surface area contributed by atoms with E-state index in [0.29, 0.717) is 44.4 Å². The van der Waals surface area contributed by atoms with E-state index in [4.69, 9.17) is 14.0 Å². The highest BCUT2D eigenvalue weighted by atomic mass is 79.9. The van der Waals surface area contributed by atoms with Gasteiger partial charge in [0.05, 0.1) is 25.3 Å². The summed E-state index contributed by atoms with van der Waals surface area (Å²) in [6.07, 6.45) is 0.730. The van der Waals surface area contributed by atoms with Gasteiger partial charge in [0, 0.05) is 49.0 Å². The van der Waals surface area contributed by atoms with Crippen molar-refractivity contribution < 1.29 is 18.8 Å². The van der Waals surface area contributed by atoms with Gasteiger partial charge in [-0.05, 0) is 37.6 Å². The summed E-state index contributed by atoms with van der Waals surface area (Å²) in [6.45, 7) is 6.28. The van der Waals surface area contributed by atoms with E-state index in [9.17, 15) is 4.79 Å². The molecule has 0 bridgehead atoms. The number of morpholine rings is 1. The average Bonchev–Trinajstić information content (AvgIpc) is 3.27. The van der Waals surface area contributed by atoms with Crippen molar-refractivity contribution in [2.24, 2.45) is 0 Å². The van der Waals surface area contributed by atoms with Crippen LogP contribution in [0.15, 0.2) is 57.5 Å². The zero-order valence-corrected chi connectivity index (χ0v) is 21.2. The molecule has 0 spiro atoms. The fourth-order valence-corrected chi connectivity index (χ4v) is 4.52. The van der Waals surface area contributed by atoms with Crippen molar-refractivity contribution in [1.82, 2.24) is 10.1 Å². The molecule has 1 amide bonds. The number of carbonyl (C=O) groups is 1. The highest BCUT2D eigenvalue weighted by Gasteiger charge is 2.27. The Morgan fingerprint density at radius 2 is 1.97 bits per heavy atom. The first-order valence-electron chi connectivity index (χ1n) is 11.5. The molecule has 0 atom stereocenters. The molecule has 1 aliphatic heterocycles. The molecule has 0 saturated carbocycles. The van der Waals surface area contributed by atoms with Gasteiger partial charge in [-0.1, -0.05) is 50.9 Å². The third kappa shape index (κ3) is 5.87. The average molecular weight is 528 g/mol. The van der Waals surface area contributed by atoms with Gasteiger partial charge in [-0.25, -0.2) is 0 Å². The number of anilines is 1. The predicted octanol–water partition coefficient (Wildman–Crippen LogP) is 4.93. The van der Waals surface area contributed by atoms with E-state index in [1.54, 1.807) is 7.11 Å². The van der Waals surface area contributed by atoms with Crippen LogP contribution in [0, 0.1) is 6.92 Å². The Kier molecular flexibility index (Phi) is 8.37. The van der Waals surface area contributed by atoms with Crippen molar-refractivity contribution >= 4 is 27.7 Å². The summed E-state index contributed by atoms with van der Waals surface area (Å²) >= 11 is 3.48. The predicted molar refractivity (Wildman–Crippen MR) is 135 cm³/mol. The molecule has 3 aromatic rings. The highest BCUT2D eigenvalue weighted by Crippen LogP contribution is 2.34. The Morgan fingerprint density at radius 3 is 2.71 bits per heavy atom. The number of ether oxygens (including phenoxy) is 2. The third-order valence-corrected chi connectivity index (χ3v) is 6.33. The second-order valence-electron chi connectivity index (χ2n) is 8.37. The van der Waals surface area contributed by atoms with Crippen LogP contribution in [0.2, 0.25) is 0 Å². The lowest BCUT2D eigenvalue weighted by Gasteiger charge is -2.28. The minimum absolute atomic E-state index is 0.0401. The maximum Gasteiger partial charge on any atom is 0.254 e. The topological polar surface area (TPSA) is 68.0 Å². The molecule has 4 rings (SSSR count). The molecule has 34 heavy (non-hydrogen) atoms. The van der Waals surface area contributed by atoms with Crippen LogP contribution < -0.4 is 4.90 Å². The van der Waals surface area contributed by atoms with Crippen molar-refractivity contribution in [2.75, 3.05) is 51.5 Å². The number of hydrogen-bond donors (Lipinski definition) is 0. The highest BCUT2D eigenvalue weighted by molar-refractivity contribution is 9.10. The van der Waals surface area contributed by atoms with Gasteiger partial charge in [0.25, 0.3) is 5.91 Å². The fourth-order valence-electron chi connectivity index (χ4n) is 4.12. The number of hydrogen-bond acceptors (Lipinski definition) is 6. The maximum atomic E-state index is 13.6. The molecule has 2 heterocycles. The Hall–Kier alpha value is -2.68. The van der Waals surface area contributed by atoms with Crippen molar-refractivity contribution in [2.45, 2.75) is 19.9 Å². The van der Waals surface area contributed by atoms with Crippen LogP contribution in [0.5, 0.6) is 0 Å². The van der Waals surface area contributed by atoms with E-state index < -0.39 is 0 Å². The number of aryl methyl sites for hydroxylation is 1. The normalized spacial score (nSPS) is 13.8. The number of halogens is 1. The number of nitrogens with zero attached hydrogens (tertiary/aromatic N) is 3. The molecule has 1 aliphatic rings. The Morgan fingerprint density at radius 1 is 1.18 bits per heavy atom. The Bertz CT molecular complexity index is 1110. The summed E-state index contributed by atoms with van der Waals surface area (Å²) in [5.41, 5.74) is 4.43. The fraction of sp³-hybridized carbons (Fsp3) is 0.385. The molecule has 8 heteroatoms. The van der Waals surface area contributed by atoms with E-state index in [1.807, 2.05) is 41.3 Å². The molecule has 1 saturated heterocycles. The number of amides is 1. The third-order valence-electron chi connectivity index (χ3n) is 5.84. The molecule has 0 aliphatic carbocycles. The van der Waals surface area contributed by atoms with E-state index in [2.05, 4.69) is 45.0 Å². The van der Waals surface area contributed by atoms with E-state index in [0.717, 1.165) is 46.4 Å². The molecular weight excluding hydrogens is 498 g/mol. The van der Waals surface area contributed by atoms with Crippen molar-refractivity contribution in [3.05, 3.63) is 69.7 Å². The standard InChI is InChI=1S/C26H30BrN3O4/c1-19-6-3-7-20(16-19)24-23(26(34-28-24)29-11-14-33-15-12-29)18-30(10-5-13-32-2)25(31)21-8-4-9-22(27)17-21/h3-4,6-9,16-17H,5,10-15,18H2,1-2H3. The summed E-state index contributed by atoms with van der Waals surface area (Å²) < 4.78 is 17.6. The smallest absolute Gasteiger partial charge is 0.254 e. The zero-order valence-electron chi connectivity index (χ0n) is 19.6. The SMILES string of the molecule is COCCCN(Cc1c(-c2cccc(C)c2)noc1N1CCOCC1)C(=O)c1cccc(Br)c1. The van der Waals surface area contributed by atoms with Crippen LogP contribution in [0.25, 0.3) is 11.3 Å². The van der Waals surface area contributed by atoms with Gasteiger partial charge in [-0.2, -0.15) is 0 Å². The van der Waals surface area contributed by atoms with Crippen LogP contribution in [-0.4, -0.2) is 62.5 Å². The van der Waals surface area contributed by atoms with Crippen molar-refractivity contribution in [1.29, 1.82) is 0 Å². The summed E-state index contributed by atoms with van der Waals surface area (Å²) in [7, 11) is 1.67. The summed E-state index contributed by atoms with van der Waals surface area (Å²) in [5.74, 6) is 0.667.